The maximum atomic E-state index is 10.8. The van der Waals surface area contributed by atoms with Gasteiger partial charge in [0.2, 0.25) is 0 Å². The first-order valence-electron chi connectivity index (χ1n) is 5.57. The standard InChI is InChI=1S/C14H17NO3/c1-11(2)9-10-17-13-6-3-12(4-7-13)5-8-14(16)18-15/h3-9H,10,15H2,1-2H3/b8-5+. The lowest BCUT2D eigenvalue weighted by Gasteiger charge is -2.03. The van der Waals surface area contributed by atoms with E-state index >= 15 is 0 Å². The van der Waals surface area contributed by atoms with Crippen molar-refractivity contribution in [1.82, 2.24) is 0 Å². The molecule has 0 spiro atoms. The Labute approximate surface area is 107 Å². The summed E-state index contributed by atoms with van der Waals surface area (Å²) >= 11 is 0. The summed E-state index contributed by atoms with van der Waals surface area (Å²) in [6.07, 6.45) is 4.89. The molecular formula is C14H17NO3. The number of carbonyl (C=O) groups is 1. The van der Waals surface area contributed by atoms with Crippen LogP contribution in [0.2, 0.25) is 0 Å². The van der Waals surface area contributed by atoms with Crippen LogP contribution in [0.3, 0.4) is 0 Å². The fraction of sp³-hybridized carbons (Fsp3) is 0.214. The van der Waals surface area contributed by atoms with Gasteiger partial charge in [0.05, 0.1) is 0 Å². The van der Waals surface area contributed by atoms with E-state index < -0.39 is 5.97 Å². The van der Waals surface area contributed by atoms with Gasteiger partial charge in [-0.1, -0.05) is 17.7 Å². The van der Waals surface area contributed by atoms with Gasteiger partial charge in [-0.25, -0.2) is 4.79 Å². The van der Waals surface area contributed by atoms with Crippen LogP contribution in [0.15, 0.2) is 42.0 Å². The van der Waals surface area contributed by atoms with Crippen molar-refractivity contribution < 1.29 is 14.4 Å². The molecule has 0 bridgehead atoms. The van der Waals surface area contributed by atoms with Crippen molar-refractivity contribution in [3.8, 4) is 5.75 Å². The molecule has 0 atom stereocenters. The summed E-state index contributed by atoms with van der Waals surface area (Å²) in [7, 11) is 0. The molecule has 0 radical (unpaired) electrons. The number of hydrogen-bond acceptors (Lipinski definition) is 4. The quantitative estimate of drug-likeness (QED) is 0.493. The first kappa shape index (κ1) is 14.0. The summed E-state index contributed by atoms with van der Waals surface area (Å²) in [5.74, 6) is 4.91. The van der Waals surface area contributed by atoms with Gasteiger partial charge in [-0.15, -0.1) is 0 Å². The van der Waals surface area contributed by atoms with Gasteiger partial charge in [0.25, 0.3) is 0 Å². The van der Waals surface area contributed by atoms with Crippen LogP contribution in [0.5, 0.6) is 5.75 Å². The normalized spacial score (nSPS) is 10.2. The number of nitrogens with two attached hydrogens (primary N) is 1. The third-order valence-corrected chi connectivity index (χ3v) is 2.15. The summed E-state index contributed by atoms with van der Waals surface area (Å²) < 4.78 is 5.51. The second-order valence-electron chi connectivity index (χ2n) is 3.93. The number of allylic oxidation sites excluding steroid dienone is 1. The zero-order chi connectivity index (χ0) is 13.4. The monoisotopic (exact) mass is 247 g/mol. The Bertz CT molecular complexity index is 443. The molecule has 1 rings (SSSR count). The number of rotatable bonds is 5. The Balaban J connectivity index is 2.55. The van der Waals surface area contributed by atoms with E-state index in [-0.39, 0.29) is 0 Å². The zero-order valence-electron chi connectivity index (χ0n) is 10.6. The van der Waals surface area contributed by atoms with Gasteiger partial charge in [-0.3, -0.25) is 0 Å². The Morgan fingerprint density at radius 2 is 1.94 bits per heavy atom. The van der Waals surface area contributed by atoms with Crippen molar-refractivity contribution in [2.75, 3.05) is 6.61 Å². The van der Waals surface area contributed by atoms with Crippen LogP contribution in [0.4, 0.5) is 0 Å². The zero-order valence-corrected chi connectivity index (χ0v) is 10.6. The minimum Gasteiger partial charge on any atom is -0.490 e. The number of hydrogen-bond donors (Lipinski definition) is 1. The third kappa shape index (κ3) is 5.32. The SMILES string of the molecule is CC(C)=CCOc1ccc(/C=C/C(=O)ON)cc1. The Morgan fingerprint density at radius 3 is 2.50 bits per heavy atom. The average Bonchev–Trinajstić information content (AvgIpc) is 2.37. The predicted molar refractivity (Wildman–Crippen MR) is 70.7 cm³/mol. The van der Waals surface area contributed by atoms with E-state index in [4.69, 9.17) is 10.6 Å². The van der Waals surface area contributed by atoms with Crippen molar-refractivity contribution in [1.29, 1.82) is 0 Å². The van der Waals surface area contributed by atoms with Gasteiger partial charge in [-0.05, 0) is 43.7 Å². The van der Waals surface area contributed by atoms with Gasteiger partial charge in [-0.2, -0.15) is 5.90 Å². The molecule has 0 aliphatic heterocycles. The molecule has 4 heteroatoms. The van der Waals surface area contributed by atoms with E-state index in [0.29, 0.717) is 6.61 Å². The second-order valence-corrected chi connectivity index (χ2v) is 3.93. The van der Waals surface area contributed by atoms with Gasteiger partial charge < -0.3 is 9.57 Å². The lowest BCUT2D eigenvalue weighted by atomic mass is 10.2. The van der Waals surface area contributed by atoms with Crippen LogP contribution in [0.1, 0.15) is 19.4 Å². The molecule has 0 aliphatic carbocycles. The fourth-order valence-corrected chi connectivity index (χ4v) is 1.18. The average molecular weight is 247 g/mol. The molecule has 0 fully saturated rings. The molecule has 1 aromatic carbocycles. The van der Waals surface area contributed by atoms with Crippen LogP contribution in [0.25, 0.3) is 6.08 Å². The summed E-state index contributed by atoms with van der Waals surface area (Å²) in [5, 5.41) is 0. The van der Waals surface area contributed by atoms with E-state index in [2.05, 4.69) is 4.84 Å². The second kappa shape index (κ2) is 7.29. The van der Waals surface area contributed by atoms with Gasteiger partial charge in [0, 0.05) is 6.08 Å². The summed E-state index contributed by atoms with van der Waals surface area (Å²) in [4.78, 5) is 14.8. The highest BCUT2D eigenvalue weighted by Gasteiger charge is 1.94. The Hall–Kier alpha value is -2.07. The fourth-order valence-electron chi connectivity index (χ4n) is 1.18. The molecule has 96 valence electrons. The highest BCUT2D eigenvalue weighted by molar-refractivity contribution is 5.86. The van der Waals surface area contributed by atoms with Crippen LogP contribution in [-0.4, -0.2) is 12.6 Å². The molecule has 18 heavy (non-hydrogen) atoms. The van der Waals surface area contributed by atoms with Crippen LogP contribution < -0.4 is 10.6 Å². The Kier molecular flexibility index (Phi) is 5.67. The van der Waals surface area contributed by atoms with Gasteiger partial charge in [0.15, 0.2) is 0 Å². The molecule has 0 saturated carbocycles. The van der Waals surface area contributed by atoms with Gasteiger partial charge in [0.1, 0.15) is 12.4 Å². The predicted octanol–water partition coefficient (Wildman–Crippen LogP) is 2.46. The molecule has 0 saturated heterocycles. The van der Waals surface area contributed by atoms with Crippen molar-refractivity contribution in [3.05, 3.63) is 47.6 Å². The van der Waals surface area contributed by atoms with Crippen molar-refractivity contribution >= 4 is 12.0 Å². The minimum absolute atomic E-state index is 0.553. The van der Waals surface area contributed by atoms with Crippen molar-refractivity contribution in [2.45, 2.75) is 13.8 Å². The smallest absolute Gasteiger partial charge is 0.349 e. The highest BCUT2D eigenvalue weighted by Crippen LogP contribution is 2.13. The lowest BCUT2D eigenvalue weighted by Crippen LogP contribution is -2.05. The number of carbonyl (C=O) groups excluding carboxylic acids is 1. The maximum absolute atomic E-state index is 10.8. The van der Waals surface area contributed by atoms with E-state index in [0.717, 1.165) is 11.3 Å². The molecular weight excluding hydrogens is 230 g/mol. The summed E-state index contributed by atoms with van der Waals surface area (Å²) in [6.45, 7) is 4.60. The van der Waals surface area contributed by atoms with E-state index in [1.807, 2.05) is 44.2 Å². The number of benzene rings is 1. The first-order chi connectivity index (χ1) is 8.61. The molecule has 0 aliphatic rings. The van der Waals surface area contributed by atoms with Crippen LogP contribution >= 0.6 is 0 Å². The van der Waals surface area contributed by atoms with Crippen LogP contribution in [-0.2, 0) is 9.63 Å². The van der Waals surface area contributed by atoms with E-state index in [9.17, 15) is 4.79 Å². The van der Waals surface area contributed by atoms with Crippen molar-refractivity contribution in [3.63, 3.8) is 0 Å². The van der Waals surface area contributed by atoms with Crippen molar-refractivity contribution in [2.24, 2.45) is 5.90 Å². The van der Waals surface area contributed by atoms with E-state index in [1.165, 1.54) is 11.6 Å². The number of ether oxygens (including phenoxy) is 1. The highest BCUT2D eigenvalue weighted by atomic mass is 16.7. The summed E-state index contributed by atoms with van der Waals surface area (Å²) in [6, 6.07) is 7.37. The van der Waals surface area contributed by atoms with Crippen LogP contribution in [0, 0.1) is 0 Å². The van der Waals surface area contributed by atoms with E-state index in [1.54, 1.807) is 6.08 Å². The maximum Gasteiger partial charge on any atom is 0.349 e. The third-order valence-electron chi connectivity index (χ3n) is 2.15. The molecule has 2 N–H and O–H groups in total. The molecule has 4 nitrogen and oxygen atoms in total. The molecule has 0 amide bonds. The molecule has 1 aromatic rings. The molecule has 0 unspecified atom stereocenters. The molecule has 0 heterocycles. The molecule has 0 aromatic heterocycles. The largest absolute Gasteiger partial charge is 0.490 e. The topological polar surface area (TPSA) is 61.5 Å². The lowest BCUT2D eigenvalue weighted by molar-refractivity contribution is -0.138. The summed E-state index contributed by atoms with van der Waals surface area (Å²) in [5.41, 5.74) is 2.09. The van der Waals surface area contributed by atoms with Gasteiger partial charge >= 0.3 is 5.97 Å². The first-order valence-corrected chi connectivity index (χ1v) is 5.57. The minimum atomic E-state index is -0.584. The Morgan fingerprint density at radius 1 is 1.28 bits per heavy atom.